The van der Waals surface area contributed by atoms with Crippen LogP contribution in [0.2, 0.25) is 0 Å². The number of methoxy groups -OCH3 is 1. The number of hydrogen-bond donors (Lipinski definition) is 1. The predicted molar refractivity (Wildman–Crippen MR) is 80.4 cm³/mol. The molecule has 0 spiro atoms. The average Bonchev–Trinajstić information content (AvgIpc) is 3.21. The first-order valence-corrected chi connectivity index (χ1v) is 7.40. The van der Waals surface area contributed by atoms with Crippen molar-refractivity contribution >= 4 is 0 Å². The molecule has 0 unspecified atom stereocenters. The van der Waals surface area contributed by atoms with E-state index < -0.39 is 0 Å². The van der Waals surface area contributed by atoms with E-state index in [0.29, 0.717) is 5.41 Å². The third kappa shape index (κ3) is 4.63. The number of ether oxygens (including phenoxy) is 1. The molecule has 1 saturated carbocycles. The molecule has 1 aliphatic carbocycles. The van der Waals surface area contributed by atoms with Crippen molar-refractivity contribution < 1.29 is 4.74 Å². The summed E-state index contributed by atoms with van der Waals surface area (Å²) in [5, 5.41) is 3.62. The van der Waals surface area contributed by atoms with Crippen LogP contribution in [0.3, 0.4) is 0 Å². The quantitative estimate of drug-likeness (QED) is 0.770. The van der Waals surface area contributed by atoms with E-state index in [2.05, 4.69) is 43.4 Å². The van der Waals surface area contributed by atoms with E-state index in [1.54, 1.807) is 12.7 Å². The highest BCUT2D eigenvalue weighted by molar-refractivity contribution is 5.33. The lowest BCUT2D eigenvalue weighted by molar-refractivity contribution is 0.150. The molecule has 2 nitrogen and oxygen atoms in total. The molecular formula is C17H27NO. The zero-order chi connectivity index (χ0) is 13.7. The second kappa shape index (κ2) is 6.53. The van der Waals surface area contributed by atoms with Gasteiger partial charge in [-0.2, -0.15) is 0 Å². The first kappa shape index (κ1) is 14.5. The maximum absolute atomic E-state index is 5.17. The minimum Gasteiger partial charge on any atom is -0.385 e. The van der Waals surface area contributed by atoms with Crippen LogP contribution in [-0.4, -0.2) is 20.3 Å². The number of hydrogen-bond acceptors (Lipinski definition) is 2. The maximum Gasteiger partial charge on any atom is 0.0467 e. The van der Waals surface area contributed by atoms with Crippen molar-refractivity contribution in [3.63, 3.8) is 0 Å². The van der Waals surface area contributed by atoms with Crippen molar-refractivity contribution in [2.24, 2.45) is 5.41 Å². The van der Waals surface area contributed by atoms with Crippen molar-refractivity contribution in [2.45, 2.75) is 45.6 Å². The van der Waals surface area contributed by atoms with Crippen LogP contribution < -0.4 is 5.32 Å². The van der Waals surface area contributed by atoms with Crippen LogP contribution >= 0.6 is 0 Å². The first-order chi connectivity index (χ1) is 9.12. The molecule has 0 radical (unpaired) electrons. The lowest BCUT2D eigenvalue weighted by Crippen LogP contribution is -2.30. The van der Waals surface area contributed by atoms with Crippen molar-refractivity contribution in [1.29, 1.82) is 0 Å². The summed E-state index contributed by atoms with van der Waals surface area (Å²) in [4.78, 5) is 0. The Kier molecular flexibility index (Phi) is 5.00. The molecule has 1 N–H and O–H groups in total. The molecule has 0 aliphatic heterocycles. The smallest absolute Gasteiger partial charge is 0.0467 e. The minimum absolute atomic E-state index is 0.296. The molecule has 1 aliphatic rings. The zero-order valence-electron chi connectivity index (χ0n) is 12.5. The van der Waals surface area contributed by atoms with Gasteiger partial charge in [-0.3, -0.25) is 0 Å². The Labute approximate surface area is 117 Å². The van der Waals surface area contributed by atoms with Crippen molar-refractivity contribution in [1.82, 2.24) is 5.32 Å². The van der Waals surface area contributed by atoms with Gasteiger partial charge in [0.15, 0.2) is 0 Å². The fraction of sp³-hybridized carbons (Fsp3) is 0.647. The molecular weight excluding hydrogens is 234 g/mol. The highest BCUT2D eigenvalue weighted by Gasteiger charge is 2.25. The van der Waals surface area contributed by atoms with Crippen LogP contribution in [0.4, 0.5) is 0 Å². The van der Waals surface area contributed by atoms with E-state index in [1.807, 2.05) is 0 Å². The molecule has 2 rings (SSSR count). The van der Waals surface area contributed by atoms with Gasteiger partial charge < -0.3 is 10.1 Å². The number of rotatable bonds is 8. The zero-order valence-corrected chi connectivity index (χ0v) is 12.5. The number of benzene rings is 1. The van der Waals surface area contributed by atoms with Gasteiger partial charge in [0.2, 0.25) is 0 Å². The van der Waals surface area contributed by atoms with Gasteiger partial charge in [-0.1, -0.05) is 38.1 Å². The topological polar surface area (TPSA) is 21.3 Å². The Hall–Kier alpha value is -0.860. The maximum atomic E-state index is 5.17. The van der Waals surface area contributed by atoms with Gasteiger partial charge in [-0.25, -0.2) is 0 Å². The Morgan fingerprint density at radius 1 is 1.26 bits per heavy atom. The van der Waals surface area contributed by atoms with E-state index in [4.69, 9.17) is 4.74 Å². The van der Waals surface area contributed by atoms with Crippen LogP contribution in [0.25, 0.3) is 0 Å². The summed E-state index contributed by atoms with van der Waals surface area (Å²) >= 11 is 0. The molecule has 0 heterocycles. The molecule has 0 aromatic heterocycles. The van der Waals surface area contributed by atoms with Gasteiger partial charge in [0.1, 0.15) is 0 Å². The normalized spacial score (nSPS) is 15.7. The number of nitrogens with one attached hydrogen (secondary N) is 1. The summed E-state index contributed by atoms with van der Waals surface area (Å²) in [6, 6.07) is 8.88. The SMILES string of the molecule is COCCC(C)(C)CNCc1ccccc1C1CC1. The lowest BCUT2D eigenvalue weighted by atomic mass is 9.89. The highest BCUT2D eigenvalue weighted by atomic mass is 16.5. The third-order valence-corrected chi connectivity index (χ3v) is 3.97. The van der Waals surface area contributed by atoms with Crippen LogP contribution in [0.5, 0.6) is 0 Å². The van der Waals surface area contributed by atoms with E-state index in [9.17, 15) is 0 Å². The minimum atomic E-state index is 0.296. The van der Waals surface area contributed by atoms with E-state index in [0.717, 1.165) is 32.0 Å². The Morgan fingerprint density at radius 3 is 2.68 bits per heavy atom. The molecule has 0 saturated heterocycles. The Balaban J connectivity index is 1.82. The molecule has 1 aromatic rings. The molecule has 0 bridgehead atoms. The Morgan fingerprint density at radius 2 is 2.00 bits per heavy atom. The average molecular weight is 261 g/mol. The van der Waals surface area contributed by atoms with Crippen molar-refractivity contribution in [3.05, 3.63) is 35.4 Å². The van der Waals surface area contributed by atoms with Crippen LogP contribution in [-0.2, 0) is 11.3 Å². The van der Waals surface area contributed by atoms with Crippen LogP contribution in [0.15, 0.2) is 24.3 Å². The fourth-order valence-electron chi connectivity index (χ4n) is 2.49. The molecule has 0 atom stereocenters. The van der Waals surface area contributed by atoms with Gasteiger partial charge in [0.25, 0.3) is 0 Å². The highest BCUT2D eigenvalue weighted by Crippen LogP contribution is 2.41. The van der Waals surface area contributed by atoms with Gasteiger partial charge in [-0.15, -0.1) is 0 Å². The van der Waals surface area contributed by atoms with Gasteiger partial charge in [0.05, 0.1) is 0 Å². The van der Waals surface area contributed by atoms with Crippen LogP contribution in [0.1, 0.15) is 50.2 Å². The van der Waals surface area contributed by atoms with E-state index in [1.165, 1.54) is 18.4 Å². The fourth-order valence-corrected chi connectivity index (χ4v) is 2.49. The van der Waals surface area contributed by atoms with Crippen molar-refractivity contribution in [3.8, 4) is 0 Å². The molecule has 2 heteroatoms. The van der Waals surface area contributed by atoms with Crippen molar-refractivity contribution in [2.75, 3.05) is 20.3 Å². The summed E-state index contributed by atoms with van der Waals surface area (Å²) < 4.78 is 5.17. The second-order valence-electron chi connectivity index (χ2n) is 6.48. The standard InChI is InChI=1S/C17H27NO/c1-17(2,10-11-19-3)13-18-12-15-6-4-5-7-16(15)14-8-9-14/h4-7,14,18H,8-13H2,1-3H3. The summed E-state index contributed by atoms with van der Waals surface area (Å²) in [7, 11) is 1.77. The molecule has 1 fully saturated rings. The van der Waals surface area contributed by atoms with E-state index in [-0.39, 0.29) is 0 Å². The first-order valence-electron chi connectivity index (χ1n) is 7.40. The van der Waals surface area contributed by atoms with Gasteiger partial charge >= 0.3 is 0 Å². The molecule has 106 valence electrons. The molecule has 19 heavy (non-hydrogen) atoms. The third-order valence-electron chi connectivity index (χ3n) is 3.97. The van der Waals surface area contributed by atoms with Gasteiger partial charge in [-0.05, 0) is 41.7 Å². The largest absolute Gasteiger partial charge is 0.385 e. The van der Waals surface area contributed by atoms with E-state index >= 15 is 0 Å². The monoisotopic (exact) mass is 261 g/mol. The summed E-state index contributed by atoms with van der Waals surface area (Å²) in [5.74, 6) is 0.833. The van der Waals surface area contributed by atoms with Gasteiger partial charge in [0, 0.05) is 26.8 Å². The van der Waals surface area contributed by atoms with Crippen LogP contribution in [0, 0.1) is 5.41 Å². The molecule has 1 aromatic carbocycles. The summed E-state index contributed by atoms with van der Waals surface area (Å²) in [5.41, 5.74) is 3.34. The predicted octanol–water partition coefficient (Wildman–Crippen LogP) is 3.72. The Bertz CT molecular complexity index is 396. The lowest BCUT2D eigenvalue weighted by Gasteiger charge is -2.25. The summed E-state index contributed by atoms with van der Waals surface area (Å²) in [6.45, 7) is 7.46. The second-order valence-corrected chi connectivity index (χ2v) is 6.48. The summed E-state index contributed by atoms with van der Waals surface area (Å²) in [6.07, 6.45) is 3.84. The molecule has 0 amide bonds.